The molecule has 2 aromatic heterocycles. The van der Waals surface area contributed by atoms with Crippen LogP contribution in [0.5, 0.6) is 0 Å². The Kier molecular flexibility index (Phi) is 2.17. The Labute approximate surface area is 83.8 Å². The topological polar surface area (TPSA) is 68.0 Å². The lowest BCUT2D eigenvalue weighted by Gasteiger charge is -1.98. The zero-order valence-electron chi connectivity index (χ0n) is 7.46. The largest absolute Gasteiger partial charge is 0.478 e. The number of carboxylic acids is 1. The molecule has 0 aromatic carbocycles. The molecule has 0 amide bonds. The van der Waals surface area contributed by atoms with Crippen molar-refractivity contribution >= 4 is 5.97 Å². The van der Waals surface area contributed by atoms with Crippen LogP contribution in [0.25, 0.3) is 5.82 Å². The first kappa shape index (κ1) is 9.32. The van der Waals surface area contributed by atoms with E-state index in [2.05, 4.69) is 10.1 Å². The molecule has 0 saturated heterocycles. The molecule has 0 unspecified atom stereocenters. The highest BCUT2D eigenvalue weighted by atomic mass is 19.1. The second kappa shape index (κ2) is 3.49. The Morgan fingerprint density at radius 3 is 2.87 bits per heavy atom. The van der Waals surface area contributed by atoms with Gasteiger partial charge in [0.25, 0.3) is 0 Å². The molecule has 0 fully saturated rings. The minimum Gasteiger partial charge on any atom is -0.478 e. The van der Waals surface area contributed by atoms with Crippen molar-refractivity contribution < 1.29 is 14.3 Å². The van der Waals surface area contributed by atoms with E-state index in [0.717, 1.165) is 0 Å². The zero-order chi connectivity index (χ0) is 10.8. The van der Waals surface area contributed by atoms with Gasteiger partial charge in [-0.25, -0.2) is 14.5 Å². The Bertz CT molecular complexity index is 510. The molecule has 0 aliphatic rings. The second-order valence-corrected chi connectivity index (χ2v) is 2.80. The van der Waals surface area contributed by atoms with Crippen molar-refractivity contribution in [1.29, 1.82) is 0 Å². The van der Waals surface area contributed by atoms with Crippen molar-refractivity contribution in [3.8, 4) is 5.82 Å². The van der Waals surface area contributed by atoms with Gasteiger partial charge in [0, 0.05) is 6.20 Å². The van der Waals surface area contributed by atoms with Crippen LogP contribution in [0.15, 0.2) is 30.6 Å². The van der Waals surface area contributed by atoms with Crippen LogP contribution in [0.4, 0.5) is 4.39 Å². The number of hydrogen-bond acceptors (Lipinski definition) is 3. The first-order valence-corrected chi connectivity index (χ1v) is 4.08. The van der Waals surface area contributed by atoms with E-state index in [0.29, 0.717) is 0 Å². The number of nitrogens with zero attached hydrogens (tertiary/aromatic N) is 3. The number of hydrogen-bond donors (Lipinski definition) is 1. The minimum absolute atomic E-state index is 0.0288. The summed E-state index contributed by atoms with van der Waals surface area (Å²) in [4.78, 5) is 14.1. The molecule has 0 bridgehead atoms. The molecule has 15 heavy (non-hydrogen) atoms. The number of pyridine rings is 1. The number of aromatic nitrogens is 3. The summed E-state index contributed by atoms with van der Waals surface area (Å²) >= 11 is 0. The summed E-state index contributed by atoms with van der Waals surface area (Å²) in [5, 5.41) is 12.4. The van der Waals surface area contributed by atoms with E-state index < -0.39 is 11.9 Å². The third-order valence-electron chi connectivity index (χ3n) is 1.76. The fourth-order valence-electron chi connectivity index (χ4n) is 1.08. The molecule has 2 heterocycles. The lowest BCUT2D eigenvalue weighted by molar-refractivity contribution is 0.0697. The molecule has 0 saturated carbocycles. The minimum atomic E-state index is -1.09. The molecule has 1 N–H and O–H groups in total. The van der Waals surface area contributed by atoms with E-state index in [1.54, 1.807) is 0 Å². The van der Waals surface area contributed by atoms with Crippen LogP contribution in [0, 0.1) is 5.95 Å². The second-order valence-electron chi connectivity index (χ2n) is 2.80. The van der Waals surface area contributed by atoms with Crippen LogP contribution in [0.2, 0.25) is 0 Å². The number of rotatable bonds is 2. The SMILES string of the molecule is O=C(O)c1cnn(-c2cccc(F)n2)c1. The molecule has 0 aliphatic carbocycles. The first-order valence-electron chi connectivity index (χ1n) is 4.08. The Morgan fingerprint density at radius 2 is 2.27 bits per heavy atom. The summed E-state index contributed by atoms with van der Waals surface area (Å²) in [5.41, 5.74) is 0.0288. The normalized spacial score (nSPS) is 10.2. The third kappa shape index (κ3) is 1.83. The van der Waals surface area contributed by atoms with Crippen LogP contribution in [-0.2, 0) is 0 Å². The molecular weight excluding hydrogens is 201 g/mol. The van der Waals surface area contributed by atoms with Crippen LogP contribution in [0.3, 0.4) is 0 Å². The fraction of sp³-hybridized carbons (Fsp3) is 0. The van der Waals surface area contributed by atoms with Gasteiger partial charge in [0.05, 0.1) is 11.8 Å². The van der Waals surface area contributed by atoms with E-state index in [1.807, 2.05) is 0 Å². The molecule has 5 nitrogen and oxygen atoms in total. The summed E-state index contributed by atoms with van der Waals surface area (Å²) in [6.45, 7) is 0. The van der Waals surface area contributed by atoms with Crippen LogP contribution in [-0.4, -0.2) is 25.8 Å². The third-order valence-corrected chi connectivity index (χ3v) is 1.76. The first-order chi connectivity index (χ1) is 7.16. The molecule has 2 aromatic rings. The maximum Gasteiger partial charge on any atom is 0.338 e. The van der Waals surface area contributed by atoms with Crippen LogP contribution < -0.4 is 0 Å². The van der Waals surface area contributed by atoms with Gasteiger partial charge in [-0.15, -0.1) is 0 Å². The lowest BCUT2D eigenvalue weighted by Crippen LogP contribution is -1.99. The maximum absolute atomic E-state index is 12.7. The highest BCUT2D eigenvalue weighted by molar-refractivity contribution is 5.86. The van der Waals surface area contributed by atoms with E-state index in [1.165, 1.54) is 35.3 Å². The van der Waals surface area contributed by atoms with Crippen molar-refractivity contribution in [2.75, 3.05) is 0 Å². The number of halogens is 1. The van der Waals surface area contributed by atoms with Crippen molar-refractivity contribution in [3.05, 3.63) is 42.1 Å². The van der Waals surface area contributed by atoms with Gasteiger partial charge in [0.2, 0.25) is 5.95 Å². The average molecular weight is 207 g/mol. The summed E-state index contributed by atoms with van der Waals surface area (Å²) in [7, 11) is 0. The molecule has 76 valence electrons. The van der Waals surface area contributed by atoms with Crippen molar-refractivity contribution in [2.45, 2.75) is 0 Å². The predicted octanol–water partition coefficient (Wildman–Crippen LogP) is 1.10. The number of aromatic carboxylic acids is 1. The van der Waals surface area contributed by atoms with Crippen LogP contribution >= 0.6 is 0 Å². The van der Waals surface area contributed by atoms with E-state index in [9.17, 15) is 9.18 Å². The molecule has 0 spiro atoms. The number of carboxylic acid groups (broad SMARTS) is 1. The van der Waals surface area contributed by atoms with Crippen LogP contribution in [0.1, 0.15) is 10.4 Å². The smallest absolute Gasteiger partial charge is 0.338 e. The summed E-state index contributed by atoms with van der Waals surface area (Å²) < 4.78 is 14.0. The van der Waals surface area contributed by atoms with E-state index in [4.69, 9.17) is 5.11 Å². The Morgan fingerprint density at radius 1 is 1.47 bits per heavy atom. The Hall–Kier alpha value is -2.24. The summed E-state index contributed by atoms with van der Waals surface area (Å²) in [6.07, 6.45) is 2.44. The predicted molar refractivity (Wildman–Crippen MR) is 48.3 cm³/mol. The van der Waals surface area contributed by atoms with Gasteiger partial charge in [-0.2, -0.15) is 9.49 Å². The highest BCUT2D eigenvalue weighted by Crippen LogP contribution is 2.06. The molecule has 6 heteroatoms. The number of carbonyl (C=O) groups is 1. The van der Waals surface area contributed by atoms with Crippen molar-refractivity contribution in [1.82, 2.24) is 14.8 Å². The summed E-state index contributed by atoms with van der Waals surface area (Å²) in [5.74, 6) is -1.49. The van der Waals surface area contributed by atoms with E-state index in [-0.39, 0.29) is 11.4 Å². The zero-order valence-corrected chi connectivity index (χ0v) is 7.46. The quantitative estimate of drug-likeness (QED) is 0.749. The molecular formula is C9H6FN3O2. The molecule has 0 radical (unpaired) electrons. The maximum atomic E-state index is 12.7. The van der Waals surface area contributed by atoms with Gasteiger partial charge < -0.3 is 5.11 Å². The van der Waals surface area contributed by atoms with Crippen molar-refractivity contribution in [2.24, 2.45) is 0 Å². The molecule has 2 rings (SSSR count). The Balaban J connectivity index is 2.41. The van der Waals surface area contributed by atoms with Gasteiger partial charge in [-0.1, -0.05) is 6.07 Å². The monoisotopic (exact) mass is 207 g/mol. The van der Waals surface area contributed by atoms with Gasteiger partial charge in [-0.3, -0.25) is 0 Å². The fourth-order valence-corrected chi connectivity index (χ4v) is 1.08. The highest BCUT2D eigenvalue weighted by Gasteiger charge is 2.07. The molecule has 0 aliphatic heterocycles. The van der Waals surface area contributed by atoms with E-state index >= 15 is 0 Å². The molecule has 0 atom stereocenters. The average Bonchev–Trinajstić information content (AvgIpc) is 2.66. The standard InChI is InChI=1S/C9H6FN3O2/c10-7-2-1-3-8(12-7)13-5-6(4-11-13)9(14)15/h1-5H,(H,14,15). The van der Waals surface area contributed by atoms with Gasteiger partial charge in [0.15, 0.2) is 5.82 Å². The van der Waals surface area contributed by atoms with Gasteiger partial charge in [-0.05, 0) is 12.1 Å². The lowest BCUT2D eigenvalue weighted by atomic mass is 10.4. The van der Waals surface area contributed by atoms with Crippen molar-refractivity contribution in [3.63, 3.8) is 0 Å². The van der Waals surface area contributed by atoms with Gasteiger partial charge in [0.1, 0.15) is 0 Å². The van der Waals surface area contributed by atoms with Gasteiger partial charge >= 0.3 is 5.97 Å². The summed E-state index contributed by atoms with van der Waals surface area (Å²) in [6, 6.07) is 4.20.